The fraction of sp³-hybridized carbons (Fsp3) is 0.455. The van der Waals surface area contributed by atoms with Gasteiger partial charge in [-0.15, -0.1) is 0 Å². The Labute approximate surface area is 78.2 Å². The summed E-state index contributed by atoms with van der Waals surface area (Å²) in [7, 11) is 0. The van der Waals surface area contributed by atoms with Crippen molar-refractivity contribution in [2.45, 2.75) is 31.7 Å². The minimum absolute atomic E-state index is 0.0464. The van der Waals surface area contributed by atoms with Gasteiger partial charge in [-0.25, -0.2) is 0 Å². The van der Waals surface area contributed by atoms with Crippen molar-refractivity contribution in [3.05, 3.63) is 35.9 Å². The maximum Gasteiger partial charge on any atom is 0.120 e. The number of aliphatic hydroxyl groups excluding tert-OH is 1. The predicted molar refractivity (Wildman–Crippen MR) is 50.3 cm³/mol. The van der Waals surface area contributed by atoms with Crippen molar-refractivity contribution in [3.8, 4) is 0 Å². The minimum Gasteiger partial charge on any atom is -0.391 e. The maximum absolute atomic E-state index is 9.36. The third-order valence-corrected chi connectivity index (χ3v) is 2.64. The van der Waals surface area contributed by atoms with Crippen molar-refractivity contribution >= 4 is 0 Å². The van der Waals surface area contributed by atoms with E-state index in [-0.39, 0.29) is 11.7 Å². The first-order valence-electron chi connectivity index (χ1n) is 4.56. The number of ether oxygens (including phenoxy) is 1. The molecule has 0 unspecified atom stereocenters. The molecule has 2 nitrogen and oxygen atoms in total. The zero-order valence-electron chi connectivity index (χ0n) is 7.90. The Kier molecular flexibility index (Phi) is 1.90. The van der Waals surface area contributed by atoms with Crippen molar-refractivity contribution in [1.29, 1.82) is 0 Å². The van der Waals surface area contributed by atoms with Crippen molar-refractivity contribution in [3.63, 3.8) is 0 Å². The average molecular weight is 178 g/mol. The summed E-state index contributed by atoms with van der Waals surface area (Å²) in [6.07, 6.45) is -0.444. The van der Waals surface area contributed by atoms with Crippen LogP contribution in [0.5, 0.6) is 0 Å². The van der Waals surface area contributed by atoms with Crippen LogP contribution < -0.4 is 0 Å². The van der Waals surface area contributed by atoms with Crippen LogP contribution in [0.4, 0.5) is 0 Å². The Morgan fingerprint density at radius 1 is 1.38 bits per heavy atom. The highest BCUT2D eigenvalue weighted by Gasteiger charge is 2.55. The molecule has 1 aliphatic heterocycles. The van der Waals surface area contributed by atoms with Gasteiger partial charge in [0.2, 0.25) is 0 Å². The lowest BCUT2D eigenvalue weighted by Crippen LogP contribution is -2.17. The van der Waals surface area contributed by atoms with Gasteiger partial charge >= 0.3 is 0 Å². The van der Waals surface area contributed by atoms with E-state index < -0.39 is 6.10 Å². The van der Waals surface area contributed by atoms with Gasteiger partial charge in [-0.3, -0.25) is 0 Å². The molecule has 1 fully saturated rings. The molecule has 0 amide bonds. The molecule has 2 rings (SSSR count). The van der Waals surface area contributed by atoms with E-state index >= 15 is 0 Å². The summed E-state index contributed by atoms with van der Waals surface area (Å²) in [6.45, 7) is 3.78. The van der Waals surface area contributed by atoms with E-state index in [1.54, 1.807) is 6.92 Å². The first kappa shape index (κ1) is 8.73. The summed E-state index contributed by atoms with van der Waals surface area (Å²) in [4.78, 5) is 0. The molecule has 0 aromatic heterocycles. The molecule has 0 bridgehead atoms. The highest BCUT2D eigenvalue weighted by atomic mass is 16.6. The van der Waals surface area contributed by atoms with E-state index in [2.05, 4.69) is 0 Å². The number of rotatable bonds is 2. The van der Waals surface area contributed by atoms with E-state index in [1.165, 1.54) is 0 Å². The second kappa shape index (κ2) is 2.82. The number of hydrogen-bond donors (Lipinski definition) is 1. The monoisotopic (exact) mass is 178 g/mol. The minimum atomic E-state index is -0.398. The van der Waals surface area contributed by atoms with Crippen LogP contribution in [0.1, 0.15) is 19.4 Å². The molecule has 70 valence electrons. The standard InChI is InChI=1S/C11H14O2/c1-8(12)10-11(2,13-10)9-6-4-3-5-7-9/h3-8,10,12H,1-2H3/t8-,10-,11+/m0/s1. The smallest absolute Gasteiger partial charge is 0.120 e. The summed E-state index contributed by atoms with van der Waals surface area (Å²) >= 11 is 0. The molecule has 0 spiro atoms. The molecular weight excluding hydrogens is 164 g/mol. The van der Waals surface area contributed by atoms with Gasteiger partial charge < -0.3 is 9.84 Å². The SMILES string of the molecule is C[C@H](O)[C@@H]1O[C@]1(C)c1ccccc1. The number of hydrogen-bond acceptors (Lipinski definition) is 2. The van der Waals surface area contributed by atoms with Gasteiger partial charge in [-0.1, -0.05) is 30.3 Å². The summed E-state index contributed by atoms with van der Waals surface area (Å²) in [5.41, 5.74) is 0.871. The molecule has 1 heterocycles. The van der Waals surface area contributed by atoms with Gasteiger partial charge in [0, 0.05) is 0 Å². The van der Waals surface area contributed by atoms with E-state index in [0.717, 1.165) is 5.56 Å². The highest BCUT2D eigenvalue weighted by Crippen LogP contribution is 2.47. The second-order valence-corrected chi connectivity index (χ2v) is 3.75. The summed E-state index contributed by atoms with van der Waals surface area (Å²) in [5.74, 6) is 0. The van der Waals surface area contributed by atoms with E-state index in [9.17, 15) is 5.11 Å². The Bertz CT molecular complexity index is 294. The third-order valence-electron chi connectivity index (χ3n) is 2.64. The molecule has 0 aliphatic carbocycles. The fourth-order valence-corrected chi connectivity index (χ4v) is 1.79. The molecule has 0 saturated carbocycles. The topological polar surface area (TPSA) is 32.8 Å². The third kappa shape index (κ3) is 1.36. The molecular formula is C11H14O2. The predicted octanol–water partition coefficient (Wildman–Crippen LogP) is 1.68. The lowest BCUT2D eigenvalue weighted by molar-refractivity contribution is 0.152. The first-order valence-corrected chi connectivity index (χ1v) is 4.56. The molecule has 1 saturated heterocycles. The summed E-state index contributed by atoms with van der Waals surface area (Å²) in [6, 6.07) is 10.0. The molecule has 0 radical (unpaired) electrons. The summed E-state index contributed by atoms with van der Waals surface area (Å²) < 4.78 is 5.50. The summed E-state index contributed by atoms with van der Waals surface area (Å²) in [5, 5.41) is 9.36. The highest BCUT2D eigenvalue weighted by molar-refractivity contribution is 5.28. The van der Waals surface area contributed by atoms with Crippen LogP contribution in [-0.2, 0) is 10.3 Å². The Balaban J connectivity index is 2.21. The van der Waals surface area contributed by atoms with Crippen LogP contribution in [-0.4, -0.2) is 17.3 Å². The van der Waals surface area contributed by atoms with Crippen LogP contribution in [0, 0.1) is 0 Å². The molecule has 3 atom stereocenters. The lowest BCUT2D eigenvalue weighted by atomic mass is 9.95. The number of aliphatic hydroxyl groups is 1. The Morgan fingerprint density at radius 3 is 2.46 bits per heavy atom. The largest absolute Gasteiger partial charge is 0.391 e. The zero-order valence-corrected chi connectivity index (χ0v) is 7.90. The van der Waals surface area contributed by atoms with E-state index in [0.29, 0.717) is 0 Å². The van der Waals surface area contributed by atoms with Gasteiger partial charge in [0.15, 0.2) is 0 Å². The van der Waals surface area contributed by atoms with Crippen molar-refractivity contribution in [2.75, 3.05) is 0 Å². The van der Waals surface area contributed by atoms with Crippen molar-refractivity contribution in [2.24, 2.45) is 0 Å². The van der Waals surface area contributed by atoms with Crippen LogP contribution in [0.3, 0.4) is 0 Å². The zero-order chi connectivity index (χ0) is 9.47. The quantitative estimate of drug-likeness (QED) is 0.699. The van der Waals surface area contributed by atoms with Gasteiger partial charge in [0.25, 0.3) is 0 Å². The van der Waals surface area contributed by atoms with Gasteiger partial charge in [-0.2, -0.15) is 0 Å². The van der Waals surface area contributed by atoms with Crippen LogP contribution >= 0.6 is 0 Å². The van der Waals surface area contributed by atoms with Crippen LogP contribution in [0.2, 0.25) is 0 Å². The molecule has 2 heteroatoms. The Morgan fingerprint density at radius 2 is 2.00 bits per heavy atom. The second-order valence-electron chi connectivity index (χ2n) is 3.75. The number of epoxide rings is 1. The van der Waals surface area contributed by atoms with Crippen LogP contribution in [0.15, 0.2) is 30.3 Å². The molecule has 13 heavy (non-hydrogen) atoms. The van der Waals surface area contributed by atoms with Gasteiger partial charge in [-0.05, 0) is 19.4 Å². The lowest BCUT2D eigenvalue weighted by Gasteiger charge is -2.07. The fourth-order valence-electron chi connectivity index (χ4n) is 1.79. The van der Waals surface area contributed by atoms with Crippen molar-refractivity contribution < 1.29 is 9.84 Å². The molecule has 1 aromatic rings. The molecule has 1 N–H and O–H groups in total. The normalized spacial score (nSPS) is 34.2. The molecule has 1 aliphatic rings. The number of benzene rings is 1. The first-order chi connectivity index (χ1) is 6.14. The van der Waals surface area contributed by atoms with E-state index in [1.807, 2.05) is 37.3 Å². The van der Waals surface area contributed by atoms with Crippen molar-refractivity contribution in [1.82, 2.24) is 0 Å². The Hall–Kier alpha value is -0.860. The van der Waals surface area contributed by atoms with E-state index in [4.69, 9.17) is 4.74 Å². The maximum atomic E-state index is 9.36. The average Bonchev–Trinajstić information content (AvgIpc) is 2.82. The molecule has 1 aromatic carbocycles. The van der Waals surface area contributed by atoms with Gasteiger partial charge in [0.1, 0.15) is 11.7 Å². The van der Waals surface area contributed by atoms with Crippen LogP contribution in [0.25, 0.3) is 0 Å². The van der Waals surface area contributed by atoms with Gasteiger partial charge in [0.05, 0.1) is 6.10 Å².